The van der Waals surface area contributed by atoms with Crippen LogP contribution in [0.15, 0.2) is 0 Å². The molecule has 2 rings (SSSR count). The largest absolute Gasteiger partial charge is 0.497 e. The van der Waals surface area contributed by atoms with Crippen molar-refractivity contribution in [1.82, 2.24) is 0 Å². The summed E-state index contributed by atoms with van der Waals surface area (Å²) in [5, 5.41) is 0. The Labute approximate surface area is 124 Å². The zero-order valence-corrected chi connectivity index (χ0v) is 14.2. The smallest absolute Gasteiger partial charge is 0.374 e. The van der Waals surface area contributed by atoms with Crippen molar-refractivity contribution < 1.29 is 18.0 Å². The van der Waals surface area contributed by atoms with Gasteiger partial charge in [-0.05, 0) is 45.4 Å². The van der Waals surface area contributed by atoms with Gasteiger partial charge in [0.15, 0.2) is 0 Å². The number of rotatable bonds is 10. The van der Waals surface area contributed by atoms with Gasteiger partial charge in [0, 0.05) is 26.4 Å². The van der Waals surface area contributed by atoms with Crippen LogP contribution in [0.2, 0.25) is 6.55 Å². The lowest BCUT2D eigenvalue weighted by Gasteiger charge is -2.25. The van der Waals surface area contributed by atoms with E-state index in [0.29, 0.717) is 25.4 Å². The van der Waals surface area contributed by atoms with Gasteiger partial charge < -0.3 is 18.0 Å². The molecule has 0 N–H and O–H groups in total. The number of ether oxygens (including phenoxy) is 1. The van der Waals surface area contributed by atoms with E-state index in [1.165, 1.54) is 32.1 Å². The fourth-order valence-corrected chi connectivity index (χ4v) is 5.00. The van der Waals surface area contributed by atoms with Gasteiger partial charge in [-0.3, -0.25) is 0 Å². The molecule has 0 aromatic heterocycles. The van der Waals surface area contributed by atoms with Crippen molar-refractivity contribution in [3.05, 3.63) is 0 Å². The Bertz CT molecular complexity index is 281. The van der Waals surface area contributed by atoms with E-state index >= 15 is 0 Å². The number of hydrogen-bond donors (Lipinski definition) is 0. The maximum Gasteiger partial charge on any atom is 0.497 e. The van der Waals surface area contributed by atoms with Crippen LogP contribution in [0.1, 0.15) is 52.4 Å². The number of fused-ring (bicyclic) bond motifs is 1. The predicted octanol–water partition coefficient (Wildman–Crippen LogP) is 3.38. The highest BCUT2D eigenvalue weighted by atomic mass is 28.4. The molecule has 3 unspecified atom stereocenters. The van der Waals surface area contributed by atoms with Crippen LogP contribution < -0.4 is 0 Å². The van der Waals surface area contributed by atoms with Gasteiger partial charge in [0.1, 0.15) is 0 Å². The number of epoxide rings is 1. The Balaban J connectivity index is 1.53. The second-order valence-electron chi connectivity index (χ2n) is 5.96. The van der Waals surface area contributed by atoms with E-state index in [-0.39, 0.29) is 0 Å². The highest BCUT2D eigenvalue weighted by Gasteiger charge is 2.43. The molecular weight excluding hydrogens is 272 g/mol. The molecule has 1 saturated heterocycles. The summed E-state index contributed by atoms with van der Waals surface area (Å²) >= 11 is 0. The summed E-state index contributed by atoms with van der Waals surface area (Å²) in [5.41, 5.74) is 0. The summed E-state index contributed by atoms with van der Waals surface area (Å²) in [4.78, 5) is 0. The molecular formula is C15H30O4Si. The van der Waals surface area contributed by atoms with Crippen molar-refractivity contribution in [1.29, 1.82) is 0 Å². The van der Waals surface area contributed by atoms with Crippen LogP contribution in [0.4, 0.5) is 0 Å². The minimum absolute atomic E-state index is 0.608. The Hall–Kier alpha value is 0.0569. The van der Waals surface area contributed by atoms with Crippen molar-refractivity contribution in [2.24, 2.45) is 5.92 Å². The second-order valence-corrected chi connectivity index (χ2v) is 8.56. The van der Waals surface area contributed by atoms with Gasteiger partial charge in [-0.1, -0.05) is 12.8 Å². The Morgan fingerprint density at radius 2 is 1.75 bits per heavy atom. The molecule has 0 spiro atoms. The van der Waals surface area contributed by atoms with E-state index in [4.69, 9.17) is 18.0 Å². The average molecular weight is 302 g/mol. The van der Waals surface area contributed by atoms with Crippen LogP contribution in [-0.4, -0.2) is 40.8 Å². The van der Waals surface area contributed by atoms with Gasteiger partial charge in [0.25, 0.3) is 0 Å². The van der Waals surface area contributed by atoms with Crippen LogP contribution in [0.25, 0.3) is 0 Å². The SMILES string of the molecule is CCO[Si](C)(OCC)OCCCCC1CCC2OC2C1. The van der Waals surface area contributed by atoms with E-state index in [1.54, 1.807) is 0 Å². The molecule has 20 heavy (non-hydrogen) atoms. The molecule has 2 fully saturated rings. The quantitative estimate of drug-likeness (QED) is 0.352. The molecule has 1 heterocycles. The van der Waals surface area contributed by atoms with Crippen LogP contribution in [0.3, 0.4) is 0 Å². The second kappa shape index (κ2) is 7.89. The molecule has 0 aromatic rings. The summed E-state index contributed by atoms with van der Waals surface area (Å²) in [6.45, 7) is 8.05. The minimum Gasteiger partial charge on any atom is -0.374 e. The minimum atomic E-state index is -2.36. The van der Waals surface area contributed by atoms with Crippen LogP contribution in [-0.2, 0) is 18.0 Å². The highest BCUT2D eigenvalue weighted by molar-refractivity contribution is 6.59. The molecule has 5 heteroatoms. The highest BCUT2D eigenvalue weighted by Crippen LogP contribution is 2.41. The number of unbranched alkanes of at least 4 members (excludes halogenated alkanes) is 1. The lowest BCUT2D eigenvalue weighted by atomic mass is 9.86. The fourth-order valence-electron chi connectivity index (χ4n) is 3.19. The summed E-state index contributed by atoms with van der Waals surface area (Å²) in [6.07, 6.45) is 8.82. The molecule has 1 aliphatic carbocycles. The van der Waals surface area contributed by atoms with E-state index in [9.17, 15) is 0 Å². The fraction of sp³-hybridized carbons (Fsp3) is 1.00. The van der Waals surface area contributed by atoms with Crippen LogP contribution >= 0.6 is 0 Å². The van der Waals surface area contributed by atoms with Gasteiger partial charge in [-0.25, -0.2) is 0 Å². The third-order valence-electron chi connectivity index (χ3n) is 4.30. The average Bonchev–Trinajstić information content (AvgIpc) is 3.17. The van der Waals surface area contributed by atoms with E-state index < -0.39 is 8.80 Å². The van der Waals surface area contributed by atoms with E-state index in [1.807, 2.05) is 20.4 Å². The molecule has 0 amide bonds. The van der Waals surface area contributed by atoms with Crippen molar-refractivity contribution in [3.8, 4) is 0 Å². The summed E-state index contributed by atoms with van der Waals surface area (Å²) in [6, 6.07) is 0. The van der Waals surface area contributed by atoms with Gasteiger partial charge in [-0.15, -0.1) is 0 Å². The first-order chi connectivity index (χ1) is 9.67. The molecule has 2 aliphatic rings. The molecule has 118 valence electrons. The zero-order chi connectivity index (χ0) is 14.4. The van der Waals surface area contributed by atoms with Crippen molar-refractivity contribution in [3.63, 3.8) is 0 Å². The molecule has 0 bridgehead atoms. The first-order valence-electron chi connectivity index (χ1n) is 8.24. The summed E-state index contributed by atoms with van der Waals surface area (Å²) in [7, 11) is -2.36. The lowest BCUT2D eigenvalue weighted by molar-refractivity contribution is 0.0721. The predicted molar refractivity (Wildman–Crippen MR) is 80.7 cm³/mol. The third kappa shape index (κ3) is 5.11. The topological polar surface area (TPSA) is 40.2 Å². The van der Waals surface area contributed by atoms with Crippen molar-refractivity contribution >= 4 is 8.80 Å². The zero-order valence-electron chi connectivity index (χ0n) is 13.2. The van der Waals surface area contributed by atoms with Crippen molar-refractivity contribution in [2.75, 3.05) is 19.8 Å². The Morgan fingerprint density at radius 3 is 2.40 bits per heavy atom. The molecule has 3 atom stereocenters. The first-order valence-corrected chi connectivity index (χ1v) is 10.5. The molecule has 4 nitrogen and oxygen atoms in total. The molecule has 0 radical (unpaired) electrons. The molecule has 1 saturated carbocycles. The third-order valence-corrected chi connectivity index (χ3v) is 6.65. The maximum atomic E-state index is 5.90. The molecule has 1 aliphatic heterocycles. The Morgan fingerprint density at radius 1 is 1.00 bits per heavy atom. The van der Waals surface area contributed by atoms with E-state index in [2.05, 4.69) is 0 Å². The molecule has 0 aromatic carbocycles. The van der Waals surface area contributed by atoms with Gasteiger partial charge in [0.05, 0.1) is 12.2 Å². The summed E-state index contributed by atoms with van der Waals surface area (Å²) < 4.78 is 22.8. The van der Waals surface area contributed by atoms with E-state index in [0.717, 1.165) is 18.9 Å². The first kappa shape index (κ1) is 16.4. The van der Waals surface area contributed by atoms with Gasteiger partial charge >= 0.3 is 8.80 Å². The van der Waals surface area contributed by atoms with Crippen LogP contribution in [0, 0.1) is 5.92 Å². The summed E-state index contributed by atoms with van der Waals surface area (Å²) in [5.74, 6) is 0.876. The number of hydrogen-bond acceptors (Lipinski definition) is 4. The van der Waals surface area contributed by atoms with Crippen molar-refractivity contribution in [2.45, 2.75) is 71.1 Å². The Kier molecular flexibility index (Phi) is 6.48. The van der Waals surface area contributed by atoms with Crippen LogP contribution in [0.5, 0.6) is 0 Å². The normalized spacial score (nSPS) is 29.2. The monoisotopic (exact) mass is 302 g/mol. The standard InChI is InChI=1S/C15H30O4Si/c1-4-16-20(3,17-5-2)18-11-7-6-8-13-9-10-14-15(12-13)19-14/h13-15H,4-12H2,1-3H3. The maximum absolute atomic E-state index is 5.90. The van der Waals surface area contributed by atoms with Gasteiger partial charge in [0.2, 0.25) is 0 Å². The lowest BCUT2D eigenvalue weighted by Crippen LogP contribution is -2.42. The van der Waals surface area contributed by atoms with Gasteiger partial charge in [-0.2, -0.15) is 0 Å².